The molecule has 1 aromatic heterocycles. The first-order valence-electron chi connectivity index (χ1n) is 7.28. The van der Waals surface area contributed by atoms with E-state index in [0.717, 1.165) is 25.2 Å². The largest absolute Gasteiger partial charge is 0.369 e. The van der Waals surface area contributed by atoms with Crippen LogP contribution < -0.4 is 5.32 Å². The van der Waals surface area contributed by atoms with Crippen LogP contribution in [0.15, 0.2) is 12.4 Å². The molecule has 4 nitrogen and oxygen atoms in total. The van der Waals surface area contributed by atoms with E-state index in [1.165, 1.54) is 0 Å². The van der Waals surface area contributed by atoms with Crippen LogP contribution in [0.4, 0.5) is 0 Å². The van der Waals surface area contributed by atoms with Crippen LogP contribution in [0.25, 0.3) is 0 Å². The van der Waals surface area contributed by atoms with Crippen molar-refractivity contribution >= 4 is 0 Å². The second kappa shape index (κ2) is 5.25. The summed E-state index contributed by atoms with van der Waals surface area (Å²) in [6.07, 6.45) is 5.88. The molecule has 1 fully saturated rings. The lowest BCUT2D eigenvalue weighted by Gasteiger charge is -2.32. The molecule has 2 rings (SSSR count). The van der Waals surface area contributed by atoms with Crippen LogP contribution in [0, 0.1) is 5.92 Å². The zero-order chi connectivity index (χ0) is 14.1. The summed E-state index contributed by atoms with van der Waals surface area (Å²) >= 11 is 0. The summed E-state index contributed by atoms with van der Waals surface area (Å²) in [6.45, 7) is 11.9. The van der Waals surface area contributed by atoms with E-state index < -0.39 is 0 Å². The zero-order valence-corrected chi connectivity index (χ0v) is 12.8. The number of nitrogens with zero attached hydrogens (tertiary/aromatic N) is 1. The molecule has 1 aromatic rings. The number of H-pyrrole nitrogens is 1. The van der Waals surface area contributed by atoms with Crippen LogP contribution in [0.1, 0.15) is 59.3 Å². The Kier molecular flexibility index (Phi) is 4.02. The molecule has 0 radical (unpaired) electrons. The third-order valence-corrected chi connectivity index (χ3v) is 3.97. The SMILES string of the molecule is CCCNC(c1ncc[nH]1)C1CC(C)(C)OC1(C)C. The Hall–Kier alpha value is -0.870. The van der Waals surface area contributed by atoms with Crippen molar-refractivity contribution in [3.63, 3.8) is 0 Å². The first-order valence-corrected chi connectivity index (χ1v) is 7.28. The van der Waals surface area contributed by atoms with Crippen LogP contribution in [-0.4, -0.2) is 27.7 Å². The monoisotopic (exact) mass is 265 g/mol. The van der Waals surface area contributed by atoms with Crippen LogP contribution in [0.3, 0.4) is 0 Å². The fourth-order valence-corrected chi connectivity index (χ4v) is 3.30. The van der Waals surface area contributed by atoms with Crippen LogP contribution >= 0.6 is 0 Å². The fourth-order valence-electron chi connectivity index (χ4n) is 3.30. The number of hydrogen-bond acceptors (Lipinski definition) is 3. The van der Waals surface area contributed by atoms with Gasteiger partial charge in [-0.05, 0) is 47.1 Å². The normalized spacial score (nSPS) is 26.5. The van der Waals surface area contributed by atoms with Gasteiger partial charge in [-0.2, -0.15) is 0 Å². The predicted octanol–water partition coefficient (Wildman–Crippen LogP) is 3.04. The molecule has 1 aliphatic heterocycles. The molecule has 2 N–H and O–H groups in total. The van der Waals surface area contributed by atoms with Crippen molar-refractivity contribution in [3.8, 4) is 0 Å². The van der Waals surface area contributed by atoms with E-state index in [1.54, 1.807) is 0 Å². The molecule has 2 heterocycles. The van der Waals surface area contributed by atoms with Gasteiger partial charge in [-0.15, -0.1) is 0 Å². The van der Waals surface area contributed by atoms with Gasteiger partial charge < -0.3 is 15.0 Å². The minimum Gasteiger partial charge on any atom is -0.369 e. The van der Waals surface area contributed by atoms with E-state index in [2.05, 4.69) is 49.9 Å². The van der Waals surface area contributed by atoms with E-state index in [-0.39, 0.29) is 17.2 Å². The molecule has 108 valence electrons. The summed E-state index contributed by atoms with van der Waals surface area (Å²) < 4.78 is 6.23. The maximum absolute atomic E-state index is 6.23. The van der Waals surface area contributed by atoms with Crippen molar-refractivity contribution in [1.29, 1.82) is 0 Å². The Morgan fingerprint density at radius 3 is 2.68 bits per heavy atom. The van der Waals surface area contributed by atoms with E-state index in [9.17, 15) is 0 Å². The summed E-state index contributed by atoms with van der Waals surface area (Å²) in [5.41, 5.74) is -0.200. The maximum atomic E-state index is 6.23. The Labute approximate surface area is 116 Å². The first kappa shape index (κ1) is 14.5. The molecule has 1 saturated heterocycles. The van der Waals surface area contributed by atoms with Crippen molar-refractivity contribution in [3.05, 3.63) is 18.2 Å². The predicted molar refractivity (Wildman–Crippen MR) is 77.0 cm³/mol. The first-order chi connectivity index (χ1) is 8.86. The minimum atomic E-state index is -0.137. The van der Waals surface area contributed by atoms with Crippen molar-refractivity contribution in [1.82, 2.24) is 15.3 Å². The highest BCUT2D eigenvalue weighted by molar-refractivity contribution is 5.07. The van der Waals surface area contributed by atoms with Crippen molar-refractivity contribution in [2.75, 3.05) is 6.54 Å². The lowest BCUT2D eigenvalue weighted by Crippen LogP contribution is -2.39. The number of rotatable bonds is 5. The van der Waals surface area contributed by atoms with E-state index in [1.807, 2.05) is 12.4 Å². The Balaban J connectivity index is 2.23. The standard InChI is InChI=1S/C15H27N3O/c1-6-7-16-12(13-17-8-9-18-13)11-10-14(2,3)19-15(11,4)5/h8-9,11-12,16H,6-7,10H2,1-5H3,(H,17,18). The molecule has 4 heteroatoms. The van der Waals surface area contributed by atoms with Gasteiger partial charge in [0.2, 0.25) is 0 Å². The van der Waals surface area contributed by atoms with Gasteiger partial charge in [0.15, 0.2) is 0 Å². The van der Waals surface area contributed by atoms with Crippen molar-refractivity contribution in [2.45, 2.75) is 64.7 Å². The molecular formula is C15H27N3O. The molecule has 0 bridgehead atoms. The minimum absolute atomic E-state index is 0.0626. The molecule has 0 aliphatic carbocycles. The molecule has 0 aromatic carbocycles. The van der Waals surface area contributed by atoms with Gasteiger partial charge >= 0.3 is 0 Å². The Morgan fingerprint density at radius 2 is 2.21 bits per heavy atom. The molecule has 19 heavy (non-hydrogen) atoms. The summed E-state index contributed by atoms with van der Waals surface area (Å²) in [7, 11) is 0. The van der Waals surface area contributed by atoms with E-state index >= 15 is 0 Å². The molecule has 0 amide bonds. The molecule has 1 aliphatic rings. The number of nitrogens with one attached hydrogen (secondary N) is 2. The van der Waals surface area contributed by atoms with Crippen LogP contribution in [-0.2, 0) is 4.74 Å². The quantitative estimate of drug-likeness (QED) is 0.860. The van der Waals surface area contributed by atoms with E-state index in [0.29, 0.717) is 5.92 Å². The smallest absolute Gasteiger partial charge is 0.123 e. The summed E-state index contributed by atoms with van der Waals surface area (Å²) in [5.74, 6) is 1.44. The molecule has 0 saturated carbocycles. The molecule has 0 spiro atoms. The topological polar surface area (TPSA) is 49.9 Å². The average molecular weight is 265 g/mol. The van der Waals surface area contributed by atoms with Gasteiger partial charge in [0.25, 0.3) is 0 Å². The third-order valence-electron chi connectivity index (χ3n) is 3.97. The van der Waals surface area contributed by atoms with Crippen molar-refractivity contribution in [2.24, 2.45) is 5.92 Å². The number of imidazole rings is 1. The third kappa shape index (κ3) is 3.18. The summed E-state index contributed by atoms with van der Waals surface area (Å²) in [5, 5.41) is 3.63. The molecule has 2 atom stereocenters. The highest BCUT2D eigenvalue weighted by Crippen LogP contribution is 2.47. The Bertz CT molecular complexity index is 398. The van der Waals surface area contributed by atoms with Gasteiger partial charge in [-0.25, -0.2) is 4.98 Å². The fraction of sp³-hybridized carbons (Fsp3) is 0.800. The molecular weight excluding hydrogens is 238 g/mol. The lowest BCUT2D eigenvalue weighted by molar-refractivity contribution is -0.0781. The average Bonchev–Trinajstić information content (AvgIpc) is 2.86. The Morgan fingerprint density at radius 1 is 1.47 bits per heavy atom. The van der Waals surface area contributed by atoms with E-state index in [4.69, 9.17) is 4.74 Å². The zero-order valence-electron chi connectivity index (χ0n) is 12.8. The van der Waals surface area contributed by atoms with Gasteiger partial charge in [0, 0.05) is 18.3 Å². The second-order valence-corrected chi connectivity index (χ2v) is 6.68. The van der Waals surface area contributed by atoms with Crippen LogP contribution in [0.2, 0.25) is 0 Å². The van der Waals surface area contributed by atoms with Gasteiger partial charge in [0.1, 0.15) is 5.82 Å². The number of aromatic amines is 1. The highest BCUT2D eigenvalue weighted by atomic mass is 16.5. The van der Waals surface area contributed by atoms with Crippen molar-refractivity contribution < 1.29 is 4.74 Å². The summed E-state index contributed by atoms with van der Waals surface area (Å²) in [4.78, 5) is 7.71. The lowest BCUT2D eigenvalue weighted by atomic mass is 9.81. The highest BCUT2D eigenvalue weighted by Gasteiger charge is 2.49. The second-order valence-electron chi connectivity index (χ2n) is 6.68. The van der Waals surface area contributed by atoms with Gasteiger partial charge in [-0.1, -0.05) is 6.92 Å². The maximum Gasteiger partial charge on any atom is 0.123 e. The van der Waals surface area contributed by atoms with Crippen LogP contribution in [0.5, 0.6) is 0 Å². The number of aromatic nitrogens is 2. The summed E-state index contributed by atoms with van der Waals surface area (Å²) in [6, 6.07) is 0.228. The number of ether oxygens (including phenoxy) is 1. The van der Waals surface area contributed by atoms with Gasteiger partial charge in [0.05, 0.1) is 17.2 Å². The van der Waals surface area contributed by atoms with Gasteiger partial charge in [-0.3, -0.25) is 0 Å². The molecule has 2 unspecified atom stereocenters. The number of hydrogen-bond donors (Lipinski definition) is 2.